The number of aromatic nitrogens is 2. The number of halogens is 1. The minimum Gasteiger partial charge on any atom is -0.368 e. The van der Waals surface area contributed by atoms with E-state index < -0.39 is 4.92 Å². The van der Waals surface area contributed by atoms with Crippen LogP contribution in [-0.2, 0) is 0 Å². The Hall–Kier alpha value is -2.77. The molecule has 0 fully saturated rings. The van der Waals surface area contributed by atoms with Crippen LogP contribution in [0.4, 0.5) is 21.8 Å². The second kappa shape index (κ2) is 5.70. The van der Waals surface area contributed by atoms with Gasteiger partial charge in [-0.15, -0.1) is 0 Å². The maximum Gasteiger partial charge on any atom is 0.329 e. The average molecular weight is 291 g/mol. The van der Waals surface area contributed by atoms with Crippen molar-refractivity contribution in [2.45, 2.75) is 19.9 Å². The molecule has 110 valence electrons. The van der Waals surface area contributed by atoms with E-state index in [1.165, 1.54) is 6.07 Å². The van der Waals surface area contributed by atoms with E-state index in [4.69, 9.17) is 5.73 Å². The molecule has 1 aromatic carbocycles. The van der Waals surface area contributed by atoms with Gasteiger partial charge in [-0.05, 0) is 31.0 Å². The first-order valence-corrected chi connectivity index (χ1v) is 6.18. The highest BCUT2D eigenvalue weighted by atomic mass is 19.1. The fraction of sp³-hybridized carbons (Fsp3) is 0.231. The molecule has 0 aliphatic heterocycles. The van der Waals surface area contributed by atoms with Crippen molar-refractivity contribution in [3.8, 4) is 0 Å². The monoisotopic (exact) mass is 291 g/mol. The number of benzene rings is 1. The minimum absolute atomic E-state index is 0.000910. The van der Waals surface area contributed by atoms with Crippen LogP contribution in [0.2, 0.25) is 0 Å². The van der Waals surface area contributed by atoms with Gasteiger partial charge >= 0.3 is 5.69 Å². The molecule has 7 nitrogen and oxygen atoms in total. The van der Waals surface area contributed by atoms with Gasteiger partial charge in [-0.3, -0.25) is 10.1 Å². The Morgan fingerprint density at radius 2 is 2.19 bits per heavy atom. The zero-order valence-electron chi connectivity index (χ0n) is 11.5. The van der Waals surface area contributed by atoms with Gasteiger partial charge in [-0.25, -0.2) is 9.37 Å². The summed E-state index contributed by atoms with van der Waals surface area (Å²) < 4.78 is 13.6. The van der Waals surface area contributed by atoms with Gasteiger partial charge in [0.15, 0.2) is 0 Å². The van der Waals surface area contributed by atoms with Gasteiger partial charge in [0.2, 0.25) is 11.8 Å². The van der Waals surface area contributed by atoms with Crippen LogP contribution in [0.15, 0.2) is 24.4 Å². The van der Waals surface area contributed by atoms with E-state index >= 15 is 0 Å². The quantitative estimate of drug-likeness (QED) is 0.662. The number of nitrogen functional groups attached to an aromatic ring is 1. The van der Waals surface area contributed by atoms with E-state index in [1.54, 1.807) is 26.0 Å². The van der Waals surface area contributed by atoms with Gasteiger partial charge in [-0.2, -0.15) is 4.98 Å². The first-order valence-electron chi connectivity index (χ1n) is 6.18. The van der Waals surface area contributed by atoms with Crippen LogP contribution in [-0.4, -0.2) is 14.9 Å². The molecule has 0 spiro atoms. The highest BCUT2D eigenvalue weighted by Gasteiger charge is 2.19. The number of rotatable bonds is 4. The van der Waals surface area contributed by atoms with Crippen LogP contribution in [0, 0.1) is 22.9 Å². The Balaban J connectivity index is 2.30. The number of hydrogen-bond acceptors (Lipinski definition) is 6. The largest absolute Gasteiger partial charge is 0.368 e. The van der Waals surface area contributed by atoms with Gasteiger partial charge in [0.25, 0.3) is 0 Å². The Morgan fingerprint density at radius 1 is 1.48 bits per heavy atom. The molecule has 21 heavy (non-hydrogen) atoms. The van der Waals surface area contributed by atoms with Crippen LogP contribution < -0.4 is 11.1 Å². The van der Waals surface area contributed by atoms with Gasteiger partial charge in [0.05, 0.1) is 11.0 Å². The number of nitrogens with one attached hydrogen (secondary N) is 1. The predicted molar refractivity (Wildman–Crippen MR) is 76.3 cm³/mol. The fourth-order valence-electron chi connectivity index (χ4n) is 1.80. The molecule has 0 saturated heterocycles. The third kappa shape index (κ3) is 3.22. The lowest BCUT2D eigenvalue weighted by atomic mass is 10.1. The standard InChI is InChI=1S/C13H14FN5O2/c1-7-3-4-9(5-10(7)14)8(2)17-12-11(19(20)21)6-16-13(15)18-12/h3-6,8H,1-2H3,(H3,15,16,17,18). The lowest BCUT2D eigenvalue weighted by Gasteiger charge is -2.15. The highest BCUT2D eigenvalue weighted by molar-refractivity contribution is 5.57. The molecule has 1 atom stereocenters. The van der Waals surface area contributed by atoms with Crippen LogP contribution >= 0.6 is 0 Å². The second-order valence-electron chi connectivity index (χ2n) is 4.59. The fourth-order valence-corrected chi connectivity index (χ4v) is 1.80. The van der Waals surface area contributed by atoms with Crippen molar-refractivity contribution in [2.24, 2.45) is 0 Å². The molecule has 2 aromatic rings. The Bertz CT molecular complexity index is 692. The Labute approximate surface area is 120 Å². The van der Waals surface area contributed by atoms with Crippen molar-refractivity contribution in [1.82, 2.24) is 9.97 Å². The predicted octanol–water partition coefficient (Wildman–Crippen LogP) is 2.59. The number of anilines is 2. The first kappa shape index (κ1) is 14.6. The molecule has 3 N–H and O–H groups in total. The van der Waals surface area contributed by atoms with Crippen molar-refractivity contribution >= 4 is 17.5 Å². The molecule has 0 amide bonds. The molecule has 0 aliphatic rings. The maximum absolute atomic E-state index is 13.6. The zero-order chi connectivity index (χ0) is 15.6. The molecular weight excluding hydrogens is 277 g/mol. The SMILES string of the molecule is Cc1ccc(C(C)Nc2nc(N)ncc2[N+](=O)[O-])cc1F. The van der Waals surface area contributed by atoms with E-state index in [2.05, 4.69) is 15.3 Å². The summed E-state index contributed by atoms with van der Waals surface area (Å²) >= 11 is 0. The number of aryl methyl sites for hydroxylation is 1. The van der Waals surface area contributed by atoms with E-state index in [0.29, 0.717) is 11.1 Å². The van der Waals surface area contributed by atoms with Crippen molar-refractivity contribution < 1.29 is 9.31 Å². The minimum atomic E-state index is -0.607. The molecule has 0 aliphatic carbocycles. The summed E-state index contributed by atoms with van der Waals surface area (Å²) in [6.45, 7) is 3.40. The summed E-state index contributed by atoms with van der Waals surface area (Å²) in [5, 5.41) is 13.8. The third-order valence-corrected chi connectivity index (χ3v) is 3.03. The number of hydrogen-bond donors (Lipinski definition) is 2. The molecular formula is C13H14FN5O2. The summed E-state index contributed by atoms with van der Waals surface area (Å²) in [6, 6.07) is 4.38. The van der Waals surface area contributed by atoms with Crippen LogP contribution in [0.3, 0.4) is 0 Å². The summed E-state index contributed by atoms with van der Waals surface area (Å²) in [6.07, 6.45) is 1.03. The Morgan fingerprint density at radius 3 is 2.81 bits per heavy atom. The molecule has 1 heterocycles. The van der Waals surface area contributed by atoms with Crippen molar-refractivity contribution in [3.05, 3.63) is 51.5 Å². The molecule has 1 aromatic heterocycles. The van der Waals surface area contributed by atoms with Crippen molar-refractivity contribution in [1.29, 1.82) is 0 Å². The van der Waals surface area contributed by atoms with Gasteiger partial charge in [-0.1, -0.05) is 12.1 Å². The van der Waals surface area contributed by atoms with E-state index in [0.717, 1.165) is 6.20 Å². The molecule has 0 saturated carbocycles. The normalized spacial score (nSPS) is 12.0. The maximum atomic E-state index is 13.6. The summed E-state index contributed by atoms with van der Waals surface area (Å²) in [5.74, 6) is -0.413. The van der Waals surface area contributed by atoms with Crippen LogP contribution in [0.5, 0.6) is 0 Å². The van der Waals surface area contributed by atoms with Gasteiger partial charge in [0, 0.05) is 0 Å². The lowest BCUT2D eigenvalue weighted by molar-refractivity contribution is -0.384. The topological polar surface area (TPSA) is 107 Å². The molecule has 1 unspecified atom stereocenters. The lowest BCUT2D eigenvalue weighted by Crippen LogP contribution is -2.11. The molecule has 0 bridgehead atoms. The second-order valence-corrected chi connectivity index (χ2v) is 4.59. The van der Waals surface area contributed by atoms with Gasteiger partial charge in [0.1, 0.15) is 12.0 Å². The van der Waals surface area contributed by atoms with Crippen molar-refractivity contribution in [2.75, 3.05) is 11.1 Å². The van der Waals surface area contributed by atoms with Crippen LogP contribution in [0.25, 0.3) is 0 Å². The van der Waals surface area contributed by atoms with E-state index in [1.807, 2.05) is 0 Å². The van der Waals surface area contributed by atoms with E-state index in [-0.39, 0.29) is 29.3 Å². The number of nitrogens with two attached hydrogens (primary N) is 1. The molecule has 0 radical (unpaired) electrons. The molecule has 8 heteroatoms. The number of nitrogens with zero attached hydrogens (tertiary/aromatic N) is 3. The Kier molecular flexibility index (Phi) is 3.97. The molecule has 2 rings (SSSR count). The third-order valence-electron chi connectivity index (χ3n) is 3.03. The smallest absolute Gasteiger partial charge is 0.329 e. The summed E-state index contributed by atoms with van der Waals surface area (Å²) in [5.41, 5.74) is 6.33. The van der Waals surface area contributed by atoms with E-state index in [9.17, 15) is 14.5 Å². The average Bonchev–Trinajstić information content (AvgIpc) is 2.41. The number of nitro groups is 1. The van der Waals surface area contributed by atoms with Gasteiger partial charge < -0.3 is 11.1 Å². The van der Waals surface area contributed by atoms with Crippen LogP contribution in [0.1, 0.15) is 24.1 Å². The summed E-state index contributed by atoms with van der Waals surface area (Å²) in [7, 11) is 0. The first-order chi connectivity index (χ1) is 9.88. The zero-order valence-corrected chi connectivity index (χ0v) is 11.5. The van der Waals surface area contributed by atoms with Crippen molar-refractivity contribution in [3.63, 3.8) is 0 Å². The highest BCUT2D eigenvalue weighted by Crippen LogP contribution is 2.26. The summed E-state index contributed by atoms with van der Waals surface area (Å²) in [4.78, 5) is 17.7.